The van der Waals surface area contributed by atoms with E-state index in [2.05, 4.69) is 16.3 Å². The van der Waals surface area contributed by atoms with Crippen LogP contribution in [0.15, 0.2) is 18.2 Å². The summed E-state index contributed by atoms with van der Waals surface area (Å²) in [5.74, 6) is 1.87. The van der Waals surface area contributed by atoms with Crippen LogP contribution in [0.1, 0.15) is 31.2 Å². The summed E-state index contributed by atoms with van der Waals surface area (Å²) in [6.07, 6.45) is 4.30. The first-order chi connectivity index (χ1) is 10.8. The summed E-state index contributed by atoms with van der Waals surface area (Å²) in [4.78, 5) is 14.6. The molecule has 0 aromatic heterocycles. The molecule has 118 valence electrons. The van der Waals surface area contributed by atoms with Gasteiger partial charge in [-0.1, -0.05) is 12.1 Å². The molecule has 2 aliphatic heterocycles. The standard InChI is InChI=1S/C17H22N2O3/c20-17(18-13-6-7-13)14-4-2-8-19(14)11-12-3-1-5-15-16(12)22-10-9-21-15/h1,3,5,13-14H,2,4,6-11H2,(H,18,20). The van der Waals surface area contributed by atoms with Crippen molar-refractivity contribution < 1.29 is 14.3 Å². The number of hydrogen-bond acceptors (Lipinski definition) is 4. The van der Waals surface area contributed by atoms with Gasteiger partial charge in [0.25, 0.3) is 0 Å². The van der Waals surface area contributed by atoms with Gasteiger partial charge in [-0.25, -0.2) is 0 Å². The highest BCUT2D eigenvalue weighted by atomic mass is 16.6. The van der Waals surface area contributed by atoms with Crippen molar-refractivity contribution in [3.63, 3.8) is 0 Å². The third-order valence-electron chi connectivity index (χ3n) is 4.61. The van der Waals surface area contributed by atoms with Crippen LogP contribution in [0, 0.1) is 0 Å². The quantitative estimate of drug-likeness (QED) is 0.920. The fourth-order valence-electron chi connectivity index (χ4n) is 3.31. The first kappa shape index (κ1) is 13.9. The number of nitrogens with one attached hydrogen (secondary N) is 1. The molecule has 5 heteroatoms. The molecule has 0 bridgehead atoms. The molecule has 1 aliphatic carbocycles. The van der Waals surface area contributed by atoms with Gasteiger partial charge >= 0.3 is 0 Å². The van der Waals surface area contributed by atoms with Crippen molar-refractivity contribution in [2.75, 3.05) is 19.8 Å². The zero-order chi connectivity index (χ0) is 14.9. The van der Waals surface area contributed by atoms with E-state index in [4.69, 9.17) is 9.47 Å². The molecule has 0 radical (unpaired) electrons. The maximum absolute atomic E-state index is 12.4. The van der Waals surface area contributed by atoms with Gasteiger partial charge < -0.3 is 14.8 Å². The number of likely N-dealkylation sites (tertiary alicyclic amines) is 1. The Kier molecular flexibility index (Phi) is 3.66. The normalized spacial score (nSPS) is 24.3. The van der Waals surface area contributed by atoms with E-state index in [0.29, 0.717) is 19.3 Å². The van der Waals surface area contributed by atoms with E-state index < -0.39 is 0 Å². The van der Waals surface area contributed by atoms with Gasteiger partial charge in [0.2, 0.25) is 5.91 Å². The van der Waals surface area contributed by atoms with Gasteiger partial charge in [-0.05, 0) is 38.3 Å². The highest BCUT2D eigenvalue weighted by molar-refractivity contribution is 5.82. The number of para-hydroxylation sites is 1. The Hall–Kier alpha value is -1.75. The number of rotatable bonds is 4. The van der Waals surface area contributed by atoms with Gasteiger partial charge in [-0.3, -0.25) is 9.69 Å². The Morgan fingerprint density at radius 2 is 2.09 bits per heavy atom. The van der Waals surface area contributed by atoms with Crippen LogP contribution in [0.5, 0.6) is 11.5 Å². The molecule has 0 spiro atoms. The van der Waals surface area contributed by atoms with Gasteiger partial charge in [0, 0.05) is 18.2 Å². The molecule has 3 aliphatic rings. The summed E-state index contributed by atoms with van der Waals surface area (Å²) in [6.45, 7) is 2.91. The third kappa shape index (κ3) is 2.77. The predicted octanol–water partition coefficient (Wildman–Crippen LogP) is 1.70. The lowest BCUT2D eigenvalue weighted by molar-refractivity contribution is -0.125. The van der Waals surface area contributed by atoms with E-state index in [0.717, 1.165) is 55.8 Å². The first-order valence-corrected chi connectivity index (χ1v) is 8.23. The number of fused-ring (bicyclic) bond motifs is 1. The summed E-state index contributed by atoms with van der Waals surface area (Å²) in [7, 11) is 0. The Balaban J connectivity index is 1.48. The van der Waals surface area contributed by atoms with Crippen LogP contribution in [-0.2, 0) is 11.3 Å². The summed E-state index contributed by atoms with van der Waals surface area (Å²) in [6, 6.07) is 6.44. The molecular weight excluding hydrogens is 280 g/mol. The van der Waals surface area contributed by atoms with Crippen LogP contribution in [0.2, 0.25) is 0 Å². The summed E-state index contributed by atoms with van der Waals surface area (Å²) < 4.78 is 11.4. The third-order valence-corrected chi connectivity index (χ3v) is 4.61. The van der Waals surface area contributed by atoms with Crippen molar-refractivity contribution in [1.29, 1.82) is 0 Å². The van der Waals surface area contributed by atoms with Gasteiger partial charge in [-0.15, -0.1) is 0 Å². The minimum Gasteiger partial charge on any atom is -0.486 e. The molecule has 1 aromatic rings. The second-order valence-electron chi connectivity index (χ2n) is 6.35. The van der Waals surface area contributed by atoms with E-state index in [9.17, 15) is 4.79 Å². The van der Waals surface area contributed by atoms with Crippen LogP contribution < -0.4 is 14.8 Å². The lowest BCUT2D eigenvalue weighted by Crippen LogP contribution is -2.43. The van der Waals surface area contributed by atoms with Gasteiger partial charge in [0.1, 0.15) is 13.2 Å². The molecule has 1 unspecified atom stereocenters. The Morgan fingerprint density at radius 3 is 2.95 bits per heavy atom. The number of carbonyl (C=O) groups excluding carboxylic acids is 1. The molecule has 1 amide bonds. The van der Waals surface area contributed by atoms with Gasteiger partial charge in [0.05, 0.1) is 6.04 Å². The number of carbonyl (C=O) groups is 1. The van der Waals surface area contributed by atoms with Crippen molar-refractivity contribution >= 4 is 5.91 Å². The average molecular weight is 302 g/mol. The monoisotopic (exact) mass is 302 g/mol. The Labute approximate surface area is 130 Å². The zero-order valence-corrected chi connectivity index (χ0v) is 12.7. The highest BCUT2D eigenvalue weighted by Crippen LogP contribution is 2.35. The summed E-state index contributed by atoms with van der Waals surface area (Å²) in [5.41, 5.74) is 1.11. The second-order valence-corrected chi connectivity index (χ2v) is 6.35. The number of nitrogens with zero attached hydrogens (tertiary/aromatic N) is 1. The predicted molar refractivity (Wildman–Crippen MR) is 82.0 cm³/mol. The first-order valence-electron chi connectivity index (χ1n) is 8.23. The number of hydrogen-bond donors (Lipinski definition) is 1. The van der Waals surface area contributed by atoms with E-state index in [-0.39, 0.29) is 11.9 Å². The molecule has 1 saturated carbocycles. The van der Waals surface area contributed by atoms with Crippen LogP contribution in [0.25, 0.3) is 0 Å². The minimum atomic E-state index is 0.000894. The topological polar surface area (TPSA) is 50.8 Å². The highest BCUT2D eigenvalue weighted by Gasteiger charge is 2.34. The molecule has 2 fully saturated rings. The van der Waals surface area contributed by atoms with E-state index in [1.54, 1.807) is 0 Å². The number of ether oxygens (including phenoxy) is 2. The molecule has 2 heterocycles. The summed E-state index contributed by atoms with van der Waals surface area (Å²) in [5, 5.41) is 3.14. The maximum Gasteiger partial charge on any atom is 0.237 e. The largest absolute Gasteiger partial charge is 0.486 e. The summed E-state index contributed by atoms with van der Waals surface area (Å²) >= 11 is 0. The lowest BCUT2D eigenvalue weighted by atomic mass is 10.1. The molecule has 4 rings (SSSR count). The van der Waals surface area contributed by atoms with Crippen molar-refractivity contribution in [2.45, 2.75) is 44.3 Å². The molecule has 1 aromatic carbocycles. The smallest absolute Gasteiger partial charge is 0.237 e. The van der Waals surface area contributed by atoms with Crippen LogP contribution >= 0.6 is 0 Å². The SMILES string of the molecule is O=C(NC1CC1)C1CCCN1Cc1cccc2c1OCCO2. The minimum absolute atomic E-state index is 0.000894. The van der Waals surface area contributed by atoms with E-state index in [1.165, 1.54) is 0 Å². The van der Waals surface area contributed by atoms with Crippen LogP contribution in [0.4, 0.5) is 0 Å². The van der Waals surface area contributed by atoms with Gasteiger partial charge in [-0.2, -0.15) is 0 Å². The molecule has 1 saturated heterocycles. The lowest BCUT2D eigenvalue weighted by Gasteiger charge is -2.26. The maximum atomic E-state index is 12.4. The fourth-order valence-corrected chi connectivity index (χ4v) is 3.31. The van der Waals surface area contributed by atoms with E-state index in [1.807, 2.05) is 12.1 Å². The van der Waals surface area contributed by atoms with Crippen molar-refractivity contribution in [1.82, 2.24) is 10.2 Å². The Bertz CT molecular complexity index is 571. The number of benzene rings is 1. The molecular formula is C17H22N2O3. The van der Waals surface area contributed by atoms with Crippen LogP contribution in [-0.4, -0.2) is 42.6 Å². The second kappa shape index (κ2) is 5.80. The zero-order valence-electron chi connectivity index (χ0n) is 12.7. The molecule has 22 heavy (non-hydrogen) atoms. The Morgan fingerprint density at radius 1 is 1.23 bits per heavy atom. The van der Waals surface area contributed by atoms with Crippen molar-refractivity contribution in [3.05, 3.63) is 23.8 Å². The average Bonchev–Trinajstić information content (AvgIpc) is 3.23. The molecule has 1 N–H and O–H groups in total. The van der Waals surface area contributed by atoms with Crippen molar-refractivity contribution in [3.8, 4) is 11.5 Å². The molecule has 1 atom stereocenters. The van der Waals surface area contributed by atoms with Crippen LogP contribution in [0.3, 0.4) is 0 Å². The molecule has 5 nitrogen and oxygen atoms in total. The fraction of sp³-hybridized carbons (Fsp3) is 0.588. The number of amides is 1. The van der Waals surface area contributed by atoms with E-state index >= 15 is 0 Å². The van der Waals surface area contributed by atoms with Gasteiger partial charge in [0.15, 0.2) is 11.5 Å². The van der Waals surface area contributed by atoms with Crippen molar-refractivity contribution in [2.24, 2.45) is 0 Å².